The minimum atomic E-state index is -4.45. The van der Waals surface area contributed by atoms with E-state index in [9.17, 15) is 13.2 Å². The Labute approximate surface area is 103 Å². The summed E-state index contributed by atoms with van der Waals surface area (Å²) in [5.41, 5.74) is 0.953. The highest BCUT2D eigenvalue weighted by Gasteiger charge is 2.48. The van der Waals surface area contributed by atoms with Crippen molar-refractivity contribution in [3.63, 3.8) is 0 Å². The molecular weight excluding hydrogens is 243 g/mol. The molecule has 3 nitrogen and oxygen atoms in total. The lowest BCUT2D eigenvalue weighted by Crippen LogP contribution is -2.60. The van der Waals surface area contributed by atoms with Crippen molar-refractivity contribution in [2.75, 3.05) is 13.1 Å². The van der Waals surface area contributed by atoms with Gasteiger partial charge in [0.05, 0.1) is 0 Å². The molecule has 0 amide bonds. The molecule has 1 saturated heterocycles. The Balaban J connectivity index is 1.63. The van der Waals surface area contributed by atoms with E-state index in [0.29, 0.717) is 23.4 Å². The third-order valence-corrected chi connectivity index (χ3v) is 3.91. The molecule has 6 heteroatoms. The van der Waals surface area contributed by atoms with Crippen molar-refractivity contribution < 1.29 is 13.2 Å². The normalized spacial score (nSPS) is 22.6. The van der Waals surface area contributed by atoms with E-state index in [1.54, 1.807) is 6.07 Å². The van der Waals surface area contributed by atoms with Gasteiger partial charge in [0, 0.05) is 25.0 Å². The van der Waals surface area contributed by atoms with E-state index in [1.165, 1.54) is 6.20 Å². The minimum absolute atomic E-state index is 0.449. The van der Waals surface area contributed by atoms with Gasteiger partial charge in [-0.15, -0.1) is 0 Å². The zero-order chi connectivity index (χ0) is 12.8. The second-order valence-corrected chi connectivity index (χ2v) is 5.45. The molecule has 0 unspecified atom stereocenters. The van der Waals surface area contributed by atoms with Gasteiger partial charge >= 0.3 is 6.18 Å². The van der Waals surface area contributed by atoms with Crippen LogP contribution in [0.5, 0.6) is 0 Å². The van der Waals surface area contributed by atoms with Crippen LogP contribution in [-0.2, 0) is 12.6 Å². The Kier molecular flexibility index (Phi) is 2.59. The lowest BCUT2D eigenvalue weighted by atomic mass is 9.57. The number of nitrogens with zero attached hydrogens (tertiary/aromatic N) is 2. The van der Waals surface area contributed by atoms with Crippen LogP contribution in [0.25, 0.3) is 0 Å². The summed E-state index contributed by atoms with van der Waals surface area (Å²) in [4.78, 5) is 6.88. The van der Waals surface area contributed by atoms with Gasteiger partial charge in [-0.05, 0) is 36.7 Å². The molecule has 2 heterocycles. The molecule has 1 N–H and O–H groups in total. The van der Waals surface area contributed by atoms with Crippen molar-refractivity contribution in [2.24, 2.45) is 11.3 Å². The van der Waals surface area contributed by atoms with Gasteiger partial charge < -0.3 is 5.32 Å². The second-order valence-electron chi connectivity index (χ2n) is 5.45. The summed E-state index contributed by atoms with van der Waals surface area (Å²) in [6.45, 7) is 2.11. The quantitative estimate of drug-likeness (QED) is 0.881. The summed E-state index contributed by atoms with van der Waals surface area (Å²) in [6.07, 6.45) is -0.413. The highest BCUT2D eigenvalue weighted by molar-refractivity contribution is 5.10. The average molecular weight is 257 g/mol. The van der Waals surface area contributed by atoms with E-state index in [-0.39, 0.29) is 0 Å². The van der Waals surface area contributed by atoms with Crippen LogP contribution in [0.2, 0.25) is 0 Å². The Morgan fingerprint density at radius 2 is 2.06 bits per heavy atom. The molecule has 0 radical (unpaired) electrons. The van der Waals surface area contributed by atoms with Crippen molar-refractivity contribution in [1.82, 2.24) is 15.3 Å². The third-order valence-electron chi connectivity index (χ3n) is 3.91. The maximum atomic E-state index is 12.5. The molecule has 0 aromatic carbocycles. The SMILES string of the molecule is FC(F)(F)c1nccc(CC2CC3(CNC3)C2)n1. The van der Waals surface area contributed by atoms with Crippen molar-refractivity contribution in [3.8, 4) is 0 Å². The predicted molar refractivity (Wildman–Crippen MR) is 58.8 cm³/mol. The van der Waals surface area contributed by atoms with E-state index in [0.717, 1.165) is 25.9 Å². The summed E-state index contributed by atoms with van der Waals surface area (Å²) >= 11 is 0. The number of nitrogens with one attached hydrogen (secondary N) is 1. The molecule has 3 rings (SSSR count). The number of aromatic nitrogens is 2. The van der Waals surface area contributed by atoms with Gasteiger partial charge in [-0.25, -0.2) is 9.97 Å². The summed E-state index contributed by atoms with van der Waals surface area (Å²) in [7, 11) is 0. The molecule has 98 valence electrons. The van der Waals surface area contributed by atoms with E-state index in [1.807, 2.05) is 0 Å². The highest BCUT2D eigenvalue weighted by atomic mass is 19.4. The zero-order valence-corrected chi connectivity index (χ0v) is 9.80. The number of hydrogen-bond acceptors (Lipinski definition) is 3. The molecule has 2 aliphatic rings. The van der Waals surface area contributed by atoms with Crippen molar-refractivity contribution in [3.05, 3.63) is 23.8 Å². The van der Waals surface area contributed by atoms with Gasteiger partial charge in [0.25, 0.3) is 0 Å². The van der Waals surface area contributed by atoms with Crippen LogP contribution >= 0.6 is 0 Å². The fourth-order valence-corrected chi connectivity index (χ4v) is 3.02. The van der Waals surface area contributed by atoms with Crippen LogP contribution in [0.15, 0.2) is 12.3 Å². The fourth-order valence-electron chi connectivity index (χ4n) is 3.02. The molecule has 1 aliphatic carbocycles. The first-order chi connectivity index (χ1) is 8.47. The standard InChI is InChI=1S/C12H14F3N3/c13-12(14,15)10-17-2-1-9(18-10)3-8-4-11(5-8)6-16-7-11/h1-2,8,16H,3-7H2. The Morgan fingerprint density at radius 1 is 1.33 bits per heavy atom. The Hall–Kier alpha value is -1.17. The summed E-state index contributed by atoms with van der Waals surface area (Å²) in [5, 5.41) is 3.24. The van der Waals surface area contributed by atoms with Crippen molar-refractivity contribution >= 4 is 0 Å². The van der Waals surface area contributed by atoms with Crippen LogP contribution in [-0.4, -0.2) is 23.1 Å². The lowest BCUT2D eigenvalue weighted by molar-refractivity contribution is -0.145. The van der Waals surface area contributed by atoms with Gasteiger partial charge in [0.15, 0.2) is 0 Å². The summed E-state index contributed by atoms with van der Waals surface area (Å²) < 4.78 is 37.4. The van der Waals surface area contributed by atoms with Crippen LogP contribution < -0.4 is 5.32 Å². The topological polar surface area (TPSA) is 37.8 Å². The molecule has 1 aromatic rings. The van der Waals surface area contributed by atoms with Crippen molar-refractivity contribution in [2.45, 2.75) is 25.4 Å². The molecule has 1 saturated carbocycles. The van der Waals surface area contributed by atoms with E-state index in [2.05, 4.69) is 15.3 Å². The smallest absolute Gasteiger partial charge is 0.316 e. The van der Waals surface area contributed by atoms with E-state index < -0.39 is 12.0 Å². The number of alkyl halides is 3. The molecule has 0 bridgehead atoms. The van der Waals surface area contributed by atoms with Crippen LogP contribution in [0.1, 0.15) is 24.4 Å². The monoisotopic (exact) mass is 257 g/mol. The minimum Gasteiger partial charge on any atom is -0.316 e. The maximum absolute atomic E-state index is 12.5. The molecule has 1 aliphatic heterocycles. The maximum Gasteiger partial charge on any atom is 0.451 e. The molecule has 18 heavy (non-hydrogen) atoms. The van der Waals surface area contributed by atoms with Gasteiger partial charge in [0.2, 0.25) is 5.82 Å². The first-order valence-corrected chi connectivity index (χ1v) is 6.07. The first kappa shape index (κ1) is 11.9. The largest absolute Gasteiger partial charge is 0.451 e. The van der Waals surface area contributed by atoms with Crippen LogP contribution in [0.4, 0.5) is 13.2 Å². The van der Waals surface area contributed by atoms with E-state index >= 15 is 0 Å². The predicted octanol–water partition coefficient (Wildman–Crippen LogP) is 2.04. The summed E-state index contributed by atoms with van der Waals surface area (Å²) in [5.74, 6) is -0.553. The Bertz CT molecular complexity index is 446. The summed E-state index contributed by atoms with van der Waals surface area (Å²) in [6, 6.07) is 1.58. The molecular formula is C12H14F3N3. The molecule has 2 fully saturated rings. The molecule has 0 atom stereocenters. The number of rotatable bonds is 2. The number of hydrogen-bond donors (Lipinski definition) is 1. The molecule has 1 aromatic heterocycles. The first-order valence-electron chi connectivity index (χ1n) is 6.07. The highest BCUT2D eigenvalue weighted by Crippen LogP contribution is 2.49. The molecule has 1 spiro atoms. The van der Waals surface area contributed by atoms with Crippen LogP contribution in [0, 0.1) is 11.3 Å². The van der Waals surface area contributed by atoms with Gasteiger partial charge in [0.1, 0.15) is 0 Å². The van der Waals surface area contributed by atoms with Gasteiger partial charge in [-0.1, -0.05) is 0 Å². The lowest BCUT2D eigenvalue weighted by Gasteiger charge is -2.54. The fraction of sp³-hybridized carbons (Fsp3) is 0.667. The Morgan fingerprint density at radius 3 is 2.61 bits per heavy atom. The number of halogens is 3. The van der Waals surface area contributed by atoms with Gasteiger partial charge in [-0.2, -0.15) is 13.2 Å². The third kappa shape index (κ3) is 2.09. The average Bonchev–Trinajstić information content (AvgIpc) is 2.19. The van der Waals surface area contributed by atoms with E-state index in [4.69, 9.17) is 0 Å². The van der Waals surface area contributed by atoms with Crippen molar-refractivity contribution in [1.29, 1.82) is 0 Å². The zero-order valence-electron chi connectivity index (χ0n) is 9.80. The van der Waals surface area contributed by atoms with Crippen LogP contribution in [0.3, 0.4) is 0 Å². The van der Waals surface area contributed by atoms with Gasteiger partial charge in [-0.3, -0.25) is 0 Å². The second kappa shape index (κ2) is 3.91.